The monoisotopic (exact) mass is 538 g/mol. The van der Waals surface area contributed by atoms with E-state index in [0.717, 1.165) is 65.0 Å². The van der Waals surface area contributed by atoms with Gasteiger partial charge in [0.15, 0.2) is 0 Å². The fourth-order valence-corrected chi connectivity index (χ4v) is 5.82. The summed E-state index contributed by atoms with van der Waals surface area (Å²) in [7, 11) is 0. The van der Waals surface area contributed by atoms with Gasteiger partial charge in [0, 0.05) is 59.3 Å². The Morgan fingerprint density at radius 1 is 1.03 bits per heavy atom. The number of nitrogens with zero attached hydrogens (tertiary/aromatic N) is 3. The molecule has 0 bridgehead atoms. The van der Waals surface area contributed by atoms with E-state index in [9.17, 15) is 0 Å². The molecule has 2 aromatic heterocycles. The molecule has 3 aromatic carbocycles. The van der Waals surface area contributed by atoms with E-state index in [1.165, 1.54) is 27.6 Å². The van der Waals surface area contributed by atoms with Crippen LogP contribution in [-0.4, -0.2) is 32.8 Å². The maximum Gasteiger partial charge on any atom is 0.145 e. The molecule has 0 saturated carbocycles. The Balaban J connectivity index is 1.50. The maximum atomic E-state index is 6.36. The van der Waals surface area contributed by atoms with E-state index in [1.54, 1.807) is 0 Å². The predicted molar refractivity (Wildman–Crippen MR) is 160 cm³/mol. The van der Waals surface area contributed by atoms with Crippen molar-refractivity contribution in [2.75, 3.05) is 13.2 Å². The molecule has 39 heavy (non-hydrogen) atoms. The molecule has 0 amide bonds. The van der Waals surface area contributed by atoms with Crippen molar-refractivity contribution in [3.63, 3.8) is 0 Å². The summed E-state index contributed by atoms with van der Waals surface area (Å²) in [4.78, 5) is 5.91. The van der Waals surface area contributed by atoms with Crippen molar-refractivity contribution in [1.29, 1.82) is 0 Å². The summed E-state index contributed by atoms with van der Waals surface area (Å²) in [6.07, 6.45) is 2.91. The van der Waals surface area contributed by atoms with Crippen molar-refractivity contribution in [1.82, 2.24) is 19.7 Å². The topological polar surface area (TPSA) is 46.1 Å². The van der Waals surface area contributed by atoms with Crippen molar-refractivity contribution < 1.29 is 4.74 Å². The van der Waals surface area contributed by atoms with Gasteiger partial charge in [0.05, 0.1) is 18.0 Å². The average Bonchev–Trinajstić information content (AvgIpc) is 3.54. The first-order chi connectivity index (χ1) is 18.9. The molecule has 5 aromatic rings. The van der Waals surface area contributed by atoms with E-state index in [4.69, 9.17) is 21.4 Å². The van der Waals surface area contributed by atoms with Crippen LogP contribution < -0.4 is 4.74 Å². The highest BCUT2D eigenvalue weighted by molar-refractivity contribution is 6.30. The van der Waals surface area contributed by atoms with E-state index in [-0.39, 0.29) is 0 Å². The Bertz CT molecular complexity index is 1650. The standard InChI is InChI=1S/C33H35ClN4O/c1-21(2)20-39-31-10-5-7-23(4)32(31)38-33(27-8-6-9-29-26(27)13-15-35-29)28-19-37(16-14-30(28)36-38)18-24-17-25(34)12-11-22(24)3/h5-13,15,17,21,35H,14,16,18-20H2,1-4H3. The van der Waals surface area contributed by atoms with Gasteiger partial charge in [-0.1, -0.05) is 55.8 Å². The van der Waals surface area contributed by atoms with Crippen molar-refractivity contribution in [3.8, 4) is 22.7 Å². The van der Waals surface area contributed by atoms with Crippen LogP contribution in [-0.2, 0) is 19.5 Å². The number of aromatic amines is 1. The van der Waals surface area contributed by atoms with Gasteiger partial charge in [0.25, 0.3) is 0 Å². The van der Waals surface area contributed by atoms with Crippen LogP contribution in [0.5, 0.6) is 5.75 Å². The molecule has 0 fully saturated rings. The second-order valence-electron chi connectivity index (χ2n) is 11.1. The normalized spacial score (nSPS) is 13.8. The molecule has 0 atom stereocenters. The summed E-state index contributed by atoms with van der Waals surface area (Å²) in [6, 6.07) is 21.1. The van der Waals surface area contributed by atoms with Gasteiger partial charge < -0.3 is 9.72 Å². The number of halogens is 1. The highest BCUT2D eigenvalue weighted by Gasteiger charge is 2.29. The van der Waals surface area contributed by atoms with E-state index in [1.807, 2.05) is 12.3 Å². The summed E-state index contributed by atoms with van der Waals surface area (Å²) < 4.78 is 8.52. The zero-order valence-electron chi connectivity index (χ0n) is 23.1. The van der Waals surface area contributed by atoms with E-state index < -0.39 is 0 Å². The minimum absolute atomic E-state index is 0.431. The molecule has 1 aliphatic heterocycles. The van der Waals surface area contributed by atoms with Crippen molar-refractivity contribution in [2.45, 2.75) is 47.2 Å². The largest absolute Gasteiger partial charge is 0.491 e. The minimum Gasteiger partial charge on any atom is -0.491 e. The molecule has 0 radical (unpaired) electrons. The van der Waals surface area contributed by atoms with Gasteiger partial charge >= 0.3 is 0 Å². The van der Waals surface area contributed by atoms with Gasteiger partial charge in [0.1, 0.15) is 11.4 Å². The second-order valence-corrected chi connectivity index (χ2v) is 11.5. The summed E-state index contributed by atoms with van der Waals surface area (Å²) in [5, 5.41) is 7.27. The van der Waals surface area contributed by atoms with Gasteiger partial charge in [-0.2, -0.15) is 5.10 Å². The van der Waals surface area contributed by atoms with Crippen LogP contribution in [0.4, 0.5) is 0 Å². The van der Waals surface area contributed by atoms with Crippen LogP contribution in [0, 0.1) is 19.8 Å². The number of aryl methyl sites for hydroxylation is 2. The Labute approximate surface area is 235 Å². The van der Waals surface area contributed by atoms with Crippen LogP contribution in [0.3, 0.4) is 0 Å². The smallest absolute Gasteiger partial charge is 0.145 e. The molecular weight excluding hydrogens is 504 g/mol. The Morgan fingerprint density at radius 2 is 1.87 bits per heavy atom. The zero-order chi connectivity index (χ0) is 27.1. The van der Waals surface area contributed by atoms with Gasteiger partial charge in [-0.15, -0.1) is 0 Å². The molecule has 0 saturated heterocycles. The maximum absolute atomic E-state index is 6.36. The molecule has 6 heteroatoms. The Kier molecular flexibility index (Phi) is 6.96. The fraction of sp³-hybridized carbons (Fsp3) is 0.303. The van der Waals surface area contributed by atoms with E-state index in [2.05, 4.69) is 96.9 Å². The molecule has 3 heterocycles. The number of para-hydroxylation sites is 1. The lowest BCUT2D eigenvalue weighted by Gasteiger charge is -2.27. The number of aromatic nitrogens is 3. The molecule has 5 nitrogen and oxygen atoms in total. The third-order valence-corrected chi connectivity index (χ3v) is 7.89. The van der Waals surface area contributed by atoms with E-state index >= 15 is 0 Å². The molecule has 0 aliphatic carbocycles. The van der Waals surface area contributed by atoms with Crippen LogP contribution >= 0.6 is 11.6 Å². The highest BCUT2D eigenvalue weighted by atomic mass is 35.5. The van der Waals surface area contributed by atoms with Gasteiger partial charge in [0.2, 0.25) is 0 Å². The SMILES string of the molecule is Cc1ccc(Cl)cc1CN1CCc2nn(-c3c(C)cccc3OCC(C)C)c(-c3cccc4[nH]ccc34)c2C1. The number of nitrogens with one attached hydrogen (secondary N) is 1. The Hall–Kier alpha value is -3.54. The van der Waals surface area contributed by atoms with Crippen molar-refractivity contribution in [3.05, 3.63) is 99.8 Å². The number of fused-ring (bicyclic) bond motifs is 2. The number of ether oxygens (including phenoxy) is 1. The third-order valence-electron chi connectivity index (χ3n) is 7.65. The Morgan fingerprint density at radius 3 is 2.72 bits per heavy atom. The van der Waals surface area contributed by atoms with Crippen LogP contribution in [0.1, 0.15) is 41.8 Å². The molecule has 6 rings (SSSR count). The van der Waals surface area contributed by atoms with Gasteiger partial charge in [-0.05, 0) is 66.8 Å². The molecular formula is C33H35ClN4O. The first-order valence-electron chi connectivity index (χ1n) is 13.8. The quantitative estimate of drug-likeness (QED) is 0.229. The highest BCUT2D eigenvalue weighted by Crippen LogP contribution is 2.39. The second kappa shape index (κ2) is 10.6. The number of benzene rings is 3. The lowest BCUT2D eigenvalue weighted by Crippen LogP contribution is -2.30. The van der Waals surface area contributed by atoms with Crippen LogP contribution in [0.25, 0.3) is 27.8 Å². The minimum atomic E-state index is 0.431. The predicted octanol–water partition coefficient (Wildman–Crippen LogP) is 7.88. The zero-order valence-corrected chi connectivity index (χ0v) is 23.8. The molecule has 200 valence electrons. The summed E-state index contributed by atoms with van der Waals surface area (Å²) >= 11 is 6.36. The fourth-order valence-electron chi connectivity index (χ4n) is 5.62. The van der Waals surface area contributed by atoms with Crippen LogP contribution in [0.2, 0.25) is 5.02 Å². The number of hydrogen-bond acceptors (Lipinski definition) is 3. The number of hydrogen-bond donors (Lipinski definition) is 1. The summed E-state index contributed by atoms with van der Waals surface area (Å²) in [6.45, 7) is 12.0. The van der Waals surface area contributed by atoms with Crippen molar-refractivity contribution >= 4 is 22.5 Å². The molecule has 1 N–H and O–H groups in total. The summed E-state index contributed by atoms with van der Waals surface area (Å²) in [5.41, 5.74) is 10.6. The number of H-pyrrole nitrogens is 1. The average molecular weight is 539 g/mol. The van der Waals surface area contributed by atoms with Crippen molar-refractivity contribution in [2.24, 2.45) is 5.92 Å². The summed E-state index contributed by atoms with van der Waals surface area (Å²) in [5.74, 6) is 1.30. The molecule has 0 unspecified atom stereocenters. The first-order valence-corrected chi connectivity index (χ1v) is 14.1. The van der Waals surface area contributed by atoms with Gasteiger partial charge in [-0.25, -0.2) is 4.68 Å². The lowest BCUT2D eigenvalue weighted by atomic mass is 9.97. The van der Waals surface area contributed by atoms with Crippen LogP contribution in [0.15, 0.2) is 66.9 Å². The first kappa shape index (κ1) is 25.7. The van der Waals surface area contributed by atoms with E-state index in [0.29, 0.717) is 12.5 Å². The number of rotatable bonds is 7. The molecule has 1 aliphatic rings. The third kappa shape index (κ3) is 4.97. The van der Waals surface area contributed by atoms with Gasteiger partial charge in [-0.3, -0.25) is 4.90 Å². The molecule has 0 spiro atoms. The lowest BCUT2D eigenvalue weighted by molar-refractivity contribution is 0.244.